The van der Waals surface area contributed by atoms with Gasteiger partial charge in [0.05, 0.1) is 30.7 Å². The molecule has 6 rings (SSSR count). The molecule has 1 unspecified atom stereocenters. The Labute approximate surface area is 239 Å². The molecule has 0 bridgehead atoms. The quantitative estimate of drug-likeness (QED) is 0.276. The van der Waals surface area contributed by atoms with Crippen LogP contribution in [0, 0.1) is 17.2 Å². The van der Waals surface area contributed by atoms with E-state index in [0.717, 1.165) is 42.6 Å². The molecule has 41 heavy (non-hydrogen) atoms. The molecule has 2 aliphatic carbocycles. The number of pyridine rings is 1. The van der Waals surface area contributed by atoms with Crippen molar-refractivity contribution in [1.82, 2.24) is 20.1 Å². The number of carbonyl (C=O) groups excluding carboxylic acids is 1. The second-order valence-corrected chi connectivity index (χ2v) is 11.2. The van der Waals surface area contributed by atoms with Crippen LogP contribution < -0.4 is 15.0 Å². The third kappa shape index (κ3) is 5.10. The number of fused-ring (bicyclic) bond motifs is 2. The van der Waals surface area contributed by atoms with Gasteiger partial charge in [-0.1, -0.05) is 48.9 Å². The Morgan fingerprint density at radius 2 is 1.93 bits per heavy atom. The van der Waals surface area contributed by atoms with Gasteiger partial charge in [0.1, 0.15) is 11.6 Å². The first-order chi connectivity index (χ1) is 19.9. The number of nitrogens with zero attached hydrogens (tertiary/aromatic N) is 4. The molecule has 0 aliphatic heterocycles. The van der Waals surface area contributed by atoms with E-state index in [1.807, 2.05) is 35.1 Å². The van der Waals surface area contributed by atoms with Crippen LogP contribution in [0.3, 0.4) is 0 Å². The van der Waals surface area contributed by atoms with Crippen LogP contribution in [-0.2, 0) is 6.42 Å². The molecule has 7 nitrogen and oxygen atoms in total. The van der Waals surface area contributed by atoms with Gasteiger partial charge in [0.2, 0.25) is 5.88 Å². The van der Waals surface area contributed by atoms with E-state index in [-0.39, 0.29) is 23.3 Å². The average molecular weight is 552 g/mol. The summed E-state index contributed by atoms with van der Waals surface area (Å²) in [5.41, 5.74) is 5.57. The molecule has 1 N–H and O–H groups in total. The molecule has 4 aromatic rings. The zero-order valence-electron chi connectivity index (χ0n) is 23.5. The van der Waals surface area contributed by atoms with Gasteiger partial charge in [-0.15, -0.1) is 0 Å². The average Bonchev–Trinajstić information content (AvgIpc) is 3.55. The van der Waals surface area contributed by atoms with Crippen molar-refractivity contribution in [3.63, 3.8) is 0 Å². The van der Waals surface area contributed by atoms with Gasteiger partial charge in [-0.2, -0.15) is 10.1 Å². The highest BCUT2D eigenvalue weighted by atomic mass is 19.1. The molecule has 210 valence electrons. The summed E-state index contributed by atoms with van der Waals surface area (Å²) in [6.45, 7) is 2.35. The van der Waals surface area contributed by atoms with Gasteiger partial charge in [0.15, 0.2) is 0 Å². The molecule has 0 radical (unpaired) electrons. The Bertz CT molecular complexity index is 1580. The molecule has 2 aliphatic rings. The Morgan fingerprint density at radius 3 is 2.68 bits per heavy atom. The molecule has 1 fully saturated rings. The highest BCUT2D eigenvalue weighted by molar-refractivity contribution is 5.90. The van der Waals surface area contributed by atoms with E-state index in [0.29, 0.717) is 17.6 Å². The second kappa shape index (κ2) is 10.8. The summed E-state index contributed by atoms with van der Waals surface area (Å²) in [6.07, 6.45) is 7.96. The highest BCUT2D eigenvalue weighted by Gasteiger charge is 2.46. The van der Waals surface area contributed by atoms with Crippen molar-refractivity contribution in [2.75, 3.05) is 19.1 Å². The van der Waals surface area contributed by atoms with Crippen LogP contribution in [0.5, 0.6) is 5.88 Å². The fourth-order valence-electron chi connectivity index (χ4n) is 6.40. The van der Waals surface area contributed by atoms with Crippen LogP contribution in [-0.4, -0.2) is 35.0 Å². The van der Waals surface area contributed by atoms with Gasteiger partial charge < -0.3 is 10.1 Å². The number of anilines is 1. The van der Waals surface area contributed by atoms with Crippen molar-refractivity contribution in [2.45, 2.75) is 38.6 Å². The van der Waals surface area contributed by atoms with E-state index in [4.69, 9.17) is 4.74 Å². The van der Waals surface area contributed by atoms with Crippen molar-refractivity contribution in [3.05, 3.63) is 107 Å². The minimum absolute atomic E-state index is 0.0400. The molecule has 0 saturated heterocycles. The number of aromatic nitrogens is 3. The largest absolute Gasteiger partial charge is 0.481 e. The van der Waals surface area contributed by atoms with Gasteiger partial charge in [0.25, 0.3) is 0 Å². The third-order valence-corrected chi connectivity index (χ3v) is 8.81. The third-order valence-electron chi connectivity index (χ3n) is 8.81. The first-order valence-corrected chi connectivity index (χ1v) is 14.0. The maximum Gasteiger partial charge on any atom is 0.323 e. The topological polar surface area (TPSA) is 72.3 Å². The minimum Gasteiger partial charge on any atom is -0.481 e. The number of carbonyl (C=O) groups is 1. The Hall–Kier alpha value is -4.46. The van der Waals surface area contributed by atoms with Crippen LogP contribution in [0.2, 0.25) is 0 Å². The molecule has 3 atom stereocenters. The number of hydrogen-bond donors (Lipinski definition) is 1. The minimum atomic E-state index is -0.259. The first-order valence-electron chi connectivity index (χ1n) is 14.0. The van der Waals surface area contributed by atoms with E-state index in [9.17, 15) is 9.18 Å². The maximum absolute atomic E-state index is 13.5. The van der Waals surface area contributed by atoms with E-state index in [2.05, 4.69) is 40.5 Å². The Balaban J connectivity index is 1.24. The van der Waals surface area contributed by atoms with Crippen LogP contribution in [0.25, 0.3) is 11.8 Å². The van der Waals surface area contributed by atoms with E-state index >= 15 is 0 Å². The van der Waals surface area contributed by atoms with Gasteiger partial charge in [-0.3, -0.25) is 4.90 Å². The molecular formula is C33H34FN5O2. The lowest BCUT2D eigenvalue weighted by Gasteiger charge is -2.38. The SMILES string of the molecule is COc1cccc(N(C)C(=O)NC(C[C@H]2CCC3=Cc4c(cnn4-c4ccc(F)cc4)C[C@@]32C)c2ccccc2)n1. The molecule has 1 saturated carbocycles. The highest BCUT2D eigenvalue weighted by Crippen LogP contribution is 2.55. The summed E-state index contributed by atoms with van der Waals surface area (Å²) in [7, 11) is 3.28. The lowest BCUT2D eigenvalue weighted by Crippen LogP contribution is -2.41. The predicted octanol–water partition coefficient (Wildman–Crippen LogP) is 6.75. The molecular weight excluding hydrogens is 517 g/mol. The summed E-state index contributed by atoms with van der Waals surface area (Å²) in [5, 5.41) is 7.96. The molecule has 2 amide bonds. The molecule has 2 aromatic carbocycles. The van der Waals surface area contributed by atoms with Crippen LogP contribution >= 0.6 is 0 Å². The molecule has 2 aromatic heterocycles. The van der Waals surface area contributed by atoms with Gasteiger partial charge in [0, 0.05) is 13.1 Å². The van der Waals surface area contributed by atoms with Crippen LogP contribution in [0.15, 0.2) is 84.6 Å². The summed E-state index contributed by atoms with van der Waals surface area (Å²) < 4.78 is 20.7. The zero-order valence-corrected chi connectivity index (χ0v) is 23.5. The molecule has 0 spiro atoms. The number of nitrogens with one attached hydrogen (secondary N) is 1. The van der Waals surface area contributed by atoms with Gasteiger partial charge in [-0.05, 0) is 84.6 Å². The van der Waals surface area contributed by atoms with Crippen molar-refractivity contribution < 1.29 is 13.9 Å². The predicted molar refractivity (Wildman–Crippen MR) is 158 cm³/mol. The fourth-order valence-corrected chi connectivity index (χ4v) is 6.40. The second-order valence-electron chi connectivity index (χ2n) is 11.2. The lowest BCUT2D eigenvalue weighted by molar-refractivity contribution is 0.219. The first kappa shape index (κ1) is 26.7. The number of urea groups is 1. The van der Waals surface area contributed by atoms with Crippen molar-refractivity contribution in [2.24, 2.45) is 11.3 Å². The normalized spacial score (nSPS) is 20.0. The summed E-state index contributed by atoms with van der Waals surface area (Å²) >= 11 is 0. The number of amides is 2. The number of hydrogen-bond acceptors (Lipinski definition) is 4. The number of halogens is 1. The molecule has 2 heterocycles. The standard InChI is InChI=1S/C33H34FN5O2/c1-33-20-23-21-35-39(27-16-14-26(34)15-17-27)29(23)19-25(33)13-12-24(33)18-28(22-8-5-4-6-9-22)36-32(40)38(2)30-10-7-11-31(37-30)41-3/h4-11,14-17,19,21,24,28H,12-13,18,20H2,1-3H3,(H,36,40)/t24-,28?,33-/m1/s1. The van der Waals surface area contributed by atoms with Gasteiger partial charge in [-0.25, -0.2) is 13.9 Å². The number of allylic oxidation sites excluding steroid dienone is 1. The summed E-state index contributed by atoms with van der Waals surface area (Å²) in [5.74, 6) is 1.08. The number of ether oxygens (including phenoxy) is 1. The molecule has 8 heteroatoms. The van der Waals surface area contributed by atoms with Crippen molar-refractivity contribution >= 4 is 17.9 Å². The summed E-state index contributed by atoms with van der Waals surface area (Å²) in [6, 6.07) is 21.6. The Morgan fingerprint density at radius 1 is 1.15 bits per heavy atom. The van der Waals surface area contributed by atoms with Gasteiger partial charge >= 0.3 is 6.03 Å². The van der Waals surface area contributed by atoms with Crippen LogP contribution in [0.1, 0.15) is 49.0 Å². The van der Waals surface area contributed by atoms with Crippen LogP contribution in [0.4, 0.5) is 15.0 Å². The fraction of sp³-hybridized carbons (Fsp3) is 0.303. The number of benzene rings is 2. The summed E-state index contributed by atoms with van der Waals surface area (Å²) in [4.78, 5) is 19.4. The smallest absolute Gasteiger partial charge is 0.323 e. The number of methoxy groups -OCH3 is 1. The van der Waals surface area contributed by atoms with E-state index in [1.165, 1.54) is 28.2 Å². The maximum atomic E-state index is 13.5. The Kier molecular flexibility index (Phi) is 7.07. The zero-order chi connectivity index (χ0) is 28.6. The monoisotopic (exact) mass is 551 g/mol. The number of rotatable bonds is 7. The van der Waals surface area contributed by atoms with E-state index < -0.39 is 0 Å². The lowest BCUT2D eigenvalue weighted by atomic mass is 9.68. The van der Waals surface area contributed by atoms with Crippen molar-refractivity contribution in [1.29, 1.82) is 0 Å². The van der Waals surface area contributed by atoms with Crippen molar-refractivity contribution in [3.8, 4) is 11.6 Å². The van der Waals surface area contributed by atoms with E-state index in [1.54, 1.807) is 38.4 Å².